The maximum absolute atomic E-state index is 12.5. The highest BCUT2D eigenvalue weighted by Gasteiger charge is 2.38. The van der Waals surface area contributed by atoms with E-state index in [1.54, 1.807) is 44.3 Å². The van der Waals surface area contributed by atoms with Gasteiger partial charge in [-0.25, -0.2) is 0 Å². The van der Waals surface area contributed by atoms with Crippen LogP contribution in [-0.2, 0) is 0 Å². The number of nitrogens with zero attached hydrogens (tertiary/aromatic N) is 2. The SMILES string of the molecule is CC=NC(C)(NCC)C(C#N)C(=O)c1ccc(Cl)cc1. The average molecular weight is 292 g/mol. The Morgan fingerprint density at radius 2 is 2.15 bits per heavy atom. The second-order valence-electron chi connectivity index (χ2n) is 4.50. The molecule has 0 heterocycles. The van der Waals surface area contributed by atoms with Crippen molar-refractivity contribution in [3.05, 3.63) is 34.9 Å². The van der Waals surface area contributed by atoms with Crippen LogP contribution in [0.5, 0.6) is 0 Å². The van der Waals surface area contributed by atoms with Gasteiger partial charge in [0.05, 0.1) is 6.07 Å². The van der Waals surface area contributed by atoms with Crippen LogP contribution in [0.2, 0.25) is 5.02 Å². The molecule has 5 heteroatoms. The van der Waals surface area contributed by atoms with Crippen molar-refractivity contribution in [2.24, 2.45) is 10.9 Å². The first-order valence-corrected chi connectivity index (χ1v) is 6.80. The second kappa shape index (κ2) is 7.18. The number of aliphatic imine (C=N–C) groups is 1. The summed E-state index contributed by atoms with van der Waals surface area (Å²) in [6.07, 6.45) is 1.60. The molecule has 2 unspecified atom stereocenters. The smallest absolute Gasteiger partial charge is 0.183 e. The molecule has 0 aliphatic rings. The predicted molar refractivity (Wildman–Crippen MR) is 81.1 cm³/mol. The van der Waals surface area contributed by atoms with Crippen molar-refractivity contribution in [1.29, 1.82) is 5.26 Å². The molecule has 0 aliphatic carbocycles. The highest BCUT2D eigenvalue weighted by Crippen LogP contribution is 2.23. The topological polar surface area (TPSA) is 65.2 Å². The van der Waals surface area contributed by atoms with Gasteiger partial charge < -0.3 is 0 Å². The standard InChI is InChI=1S/C15H18ClN3O/c1-4-18-15(3,19-5-2)13(10-17)14(20)11-6-8-12(16)9-7-11/h4,6-9,13,19H,5H2,1-3H3. The van der Waals surface area contributed by atoms with Gasteiger partial charge in [-0.15, -0.1) is 0 Å². The molecule has 0 saturated carbocycles. The van der Waals surface area contributed by atoms with E-state index in [0.29, 0.717) is 17.1 Å². The summed E-state index contributed by atoms with van der Waals surface area (Å²) in [4.78, 5) is 16.8. The number of rotatable bonds is 6. The highest BCUT2D eigenvalue weighted by molar-refractivity contribution is 6.30. The van der Waals surface area contributed by atoms with E-state index in [1.807, 2.05) is 6.92 Å². The molecule has 1 N–H and O–H groups in total. The normalized spacial score (nSPS) is 15.6. The van der Waals surface area contributed by atoms with Gasteiger partial charge in [-0.1, -0.05) is 18.5 Å². The van der Waals surface area contributed by atoms with Crippen LogP contribution in [0.3, 0.4) is 0 Å². The van der Waals surface area contributed by atoms with Gasteiger partial charge >= 0.3 is 0 Å². The molecule has 1 aromatic carbocycles. The first kappa shape index (κ1) is 16.4. The Balaban J connectivity index is 3.14. The monoisotopic (exact) mass is 291 g/mol. The van der Waals surface area contributed by atoms with Crippen molar-refractivity contribution in [3.8, 4) is 6.07 Å². The molecular formula is C15H18ClN3O. The first-order valence-electron chi connectivity index (χ1n) is 6.42. The molecule has 2 atom stereocenters. The molecule has 0 fully saturated rings. The number of hydrogen-bond donors (Lipinski definition) is 1. The third-order valence-electron chi connectivity index (χ3n) is 3.01. The largest absolute Gasteiger partial charge is 0.293 e. The van der Waals surface area contributed by atoms with Crippen LogP contribution in [-0.4, -0.2) is 24.2 Å². The Kier molecular flexibility index (Phi) is 5.87. The van der Waals surface area contributed by atoms with E-state index in [2.05, 4.69) is 16.4 Å². The number of nitriles is 1. The van der Waals surface area contributed by atoms with Crippen LogP contribution >= 0.6 is 11.6 Å². The lowest BCUT2D eigenvalue weighted by Gasteiger charge is -2.29. The number of hydrogen-bond acceptors (Lipinski definition) is 4. The van der Waals surface area contributed by atoms with E-state index in [4.69, 9.17) is 11.6 Å². The fourth-order valence-corrected chi connectivity index (χ4v) is 2.19. The molecule has 1 rings (SSSR count). The van der Waals surface area contributed by atoms with E-state index >= 15 is 0 Å². The van der Waals surface area contributed by atoms with E-state index < -0.39 is 11.6 Å². The van der Waals surface area contributed by atoms with Crippen molar-refractivity contribution < 1.29 is 4.79 Å². The zero-order valence-corrected chi connectivity index (χ0v) is 12.6. The van der Waals surface area contributed by atoms with Crippen molar-refractivity contribution in [2.75, 3.05) is 6.54 Å². The molecule has 0 bridgehead atoms. The average Bonchev–Trinajstić information content (AvgIpc) is 2.40. The second-order valence-corrected chi connectivity index (χ2v) is 4.93. The maximum Gasteiger partial charge on any atom is 0.183 e. The molecule has 106 valence electrons. The van der Waals surface area contributed by atoms with Gasteiger partial charge in [-0.3, -0.25) is 15.1 Å². The number of nitrogens with one attached hydrogen (secondary N) is 1. The van der Waals surface area contributed by atoms with Gasteiger partial charge in [0.1, 0.15) is 11.6 Å². The Morgan fingerprint density at radius 3 is 2.60 bits per heavy atom. The quantitative estimate of drug-likeness (QED) is 0.647. The number of ketones is 1. The summed E-state index contributed by atoms with van der Waals surface area (Å²) in [6, 6.07) is 8.58. The Bertz CT molecular complexity index is 533. The zero-order chi connectivity index (χ0) is 15.2. The van der Waals surface area contributed by atoms with Crippen LogP contribution in [0.25, 0.3) is 0 Å². The van der Waals surface area contributed by atoms with E-state index in [0.717, 1.165) is 0 Å². The summed E-state index contributed by atoms with van der Waals surface area (Å²) >= 11 is 5.81. The molecule has 0 saturated heterocycles. The van der Waals surface area contributed by atoms with E-state index in [9.17, 15) is 10.1 Å². The summed E-state index contributed by atoms with van der Waals surface area (Å²) in [7, 11) is 0. The lowest BCUT2D eigenvalue weighted by Crippen LogP contribution is -2.49. The summed E-state index contributed by atoms with van der Waals surface area (Å²) in [5.74, 6) is -1.17. The molecule has 4 nitrogen and oxygen atoms in total. The van der Waals surface area contributed by atoms with Crippen LogP contribution in [0.4, 0.5) is 0 Å². The number of carbonyl (C=O) groups is 1. The lowest BCUT2D eigenvalue weighted by molar-refractivity contribution is 0.0889. The lowest BCUT2D eigenvalue weighted by atomic mass is 9.88. The Morgan fingerprint density at radius 1 is 1.55 bits per heavy atom. The fraction of sp³-hybridized carbons (Fsp3) is 0.400. The van der Waals surface area contributed by atoms with Crippen LogP contribution < -0.4 is 5.32 Å². The summed E-state index contributed by atoms with van der Waals surface area (Å²) in [5, 5.41) is 13.0. The molecule has 0 spiro atoms. The van der Waals surface area contributed by atoms with Crippen molar-refractivity contribution in [3.63, 3.8) is 0 Å². The molecule has 1 aromatic rings. The molecule has 0 amide bonds. The van der Waals surface area contributed by atoms with Gasteiger partial charge in [0.2, 0.25) is 0 Å². The highest BCUT2D eigenvalue weighted by atomic mass is 35.5. The number of halogens is 1. The molecule has 0 aliphatic heterocycles. The number of carbonyl (C=O) groups excluding carboxylic acids is 1. The van der Waals surface area contributed by atoms with Gasteiger partial charge in [-0.05, 0) is 50.9 Å². The van der Waals surface area contributed by atoms with Gasteiger partial charge in [0.15, 0.2) is 5.78 Å². The van der Waals surface area contributed by atoms with Crippen LogP contribution in [0.15, 0.2) is 29.3 Å². The minimum absolute atomic E-state index is 0.266. The van der Waals surface area contributed by atoms with Crippen LogP contribution in [0.1, 0.15) is 31.1 Å². The third kappa shape index (κ3) is 3.66. The Hall–Kier alpha value is -1.70. The minimum atomic E-state index is -0.936. The summed E-state index contributed by atoms with van der Waals surface area (Å²) < 4.78 is 0. The number of Topliss-reactive ketones (excluding diaryl/α,β-unsaturated/α-hetero) is 1. The maximum atomic E-state index is 12.5. The predicted octanol–water partition coefficient (Wildman–Crippen LogP) is 3.08. The van der Waals surface area contributed by atoms with E-state index in [1.165, 1.54) is 0 Å². The number of benzene rings is 1. The Labute approximate surface area is 124 Å². The minimum Gasteiger partial charge on any atom is -0.293 e. The molecular weight excluding hydrogens is 274 g/mol. The molecule has 0 radical (unpaired) electrons. The van der Waals surface area contributed by atoms with Crippen molar-refractivity contribution in [2.45, 2.75) is 26.4 Å². The van der Waals surface area contributed by atoms with Crippen molar-refractivity contribution >= 4 is 23.6 Å². The van der Waals surface area contributed by atoms with Crippen LogP contribution in [0, 0.1) is 17.2 Å². The summed E-state index contributed by atoms with van der Waals surface area (Å²) in [6.45, 7) is 6.03. The first-order chi connectivity index (χ1) is 9.48. The van der Waals surface area contributed by atoms with E-state index in [-0.39, 0.29) is 5.78 Å². The molecule has 0 aromatic heterocycles. The zero-order valence-electron chi connectivity index (χ0n) is 11.9. The van der Waals surface area contributed by atoms with Gasteiger partial charge in [0.25, 0.3) is 0 Å². The van der Waals surface area contributed by atoms with Gasteiger partial charge in [0, 0.05) is 10.6 Å². The fourth-order valence-electron chi connectivity index (χ4n) is 2.07. The van der Waals surface area contributed by atoms with Gasteiger partial charge in [-0.2, -0.15) is 5.26 Å². The third-order valence-corrected chi connectivity index (χ3v) is 3.27. The molecule has 20 heavy (non-hydrogen) atoms. The van der Waals surface area contributed by atoms with Crippen molar-refractivity contribution in [1.82, 2.24) is 5.32 Å². The summed E-state index contributed by atoms with van der Waals surface area (Å²) in [5.41, 5.74) is -0.481.